The van der Waals surface area contributed by atoms with Gasteiger partial charge in [-0.05, 0) is 0 Å². The average Bonchev–Trinajstić information content (AvgIpc) is 2.65. The van der Waals surface area contributed by atoms with Crippen molar-refractivity contribution in [2.45, 2.75) is 0 Å². The van der Waals surface area contributed by atoms with E-state index >= 15 is 0 Å². The van der Waals surface area contributed by atoms with Crippen LogP contribution < -0.4 is 207 Å². The van der Waals surface area contributed by atoms with Gasteiger partial charge in [0.05, 0.1) is 0 Å². The van der Waals surface area contributed by atoms with Crippen molar-refractivity contribution >= 4 is 156 Å². The van der Waals surface area contributed by atoms with Gasteiger partial charge in [0.25, 0.3) is 0 Å². The number of rotatable bonds is 0. The van der Waals surface area contributed by atoms with Crippen LogP contribution in [0, 0.1) is 0 Å². The summed E-state index contributed by atoms with van der Waals surface area (Å²) in [4.78, 5) is 0. The first kappa shape index (κ1) is 152. The standard InChI is InChI=1S/7Na.15H2O4S/c;;;;;;;15*1-5(2,3)4/h;;;;;;;15*(H2,1,2,3,4)/q7*+1;;;;;;;;;;;;;;;/p-7. The van der Waals surface area contributed by atoms with Crippen LogP contribution in [0.3, 0.4) is 0 Å². The minimum atomic E-state index is -5.17. The van der Waals surface area contributed by atoms with Gasteiger partial charge in [0.1, 0.15) is 0 Å². The second-order valence-electron chi connectivity index (χ2n) is 6.58. The number of hydrogen-bond acceptors (Lipinski definition) is 37. The molecular formula is H23Na7O60S15. The third-order valence-corrected chi connectivity index (χ3v) is 0. The Hall–Kier alpha value is 5.05. The maximum Gasteiger partial charge on any atom is 1.00 e. The first-order chi connectivity index (χ1) is 30.0. The smallest absolute Gasteiger partial charge is 0.759 e. The summed E-state index contributed by atoms with van der Waals surface area (Å²) < 4.78 is 482. The fourth-order valence-corrected chi connectivity index (χ4v) is 0. The SMILES string of the molecule is O=S(=O)(O)O.O=S(=O)(O)O.O=S(=O)(O)O.O=S(=O)(O)O.O=S(=O)(O)O.O=S(=O)(O)O.O=S(=O)(O)O.O=S(=O)(O)O.O=S(=O)(O)O.O=S(=O)(O)O.O=S(=O)(O)O.O=S(=O)([O-])O.O=S(=O)([O-])[O-].O=S(=O)([O-])[O-].O=S(=O)([O-])[O-].[Na+].[Na+].[Na+].[Na+].[Na+].[Na+].[Na+]. The van der Waals surface area contributed by atoms with E-state index in [9.17, 15) is 0 Å². The van der Waals surface area contributed by atoms with E-state index in [2.05, 4.69) is 0 Å². The molecule has 0 aliphatic rings. The quantitative estimate of drug-likeness (QED) is 0.0608. The monoisotopic (exact) mass is 1620 g/mol. The summed E-state index contributed by atoms with van der Waals surface area (Å²) in [5.74, 6) is 0. The fraction of sp³-hybridized carbons (Fsp3) is 0. The van der Waals surface area contributed by atoms with Gasteiger partial charge >= 0.3 is 321 Å². The van der Waals surface area contributed by atoms with Gasteiger partial charge in [-0.2, -0.15) is 92.6 Å². The molecule has 0 radical (unpaired) electrons. The van der Waals surface area contributed by atoms with Crippen molar-refractivity contribution < 1.29 is 470 Å². The minimum absolute atomic E-state index is 0. The Morgan fingerprint density at radius 3 is 0.134 bits per heavy atom. The van der Waals surface area contributed by atoms with Crippen molar-refractivity contribution in [2.75, 3.05) is 0 Å². The number of hydrogen-bond donors (Lipinski definition) is 23. The second kappa shape index (κ2) is 68.9. The van der Waals surface area contributed by atoms with Gasteiger partial charge in [0.15, 0.2) is 0 Å². The zero-order valence-electron chi connectivity index (χ0n) is 38.5. The molecule has 23 N–H and O–H groups in total. The normalized spacial score (nSPS) is 10.6. The Labute approximate surface area is 615 Å². The maximum absolute atomic E-state index is 8.74. The van der Waals surface area contributed by atoms with Crippen molar-refractivity contribution in [1.82, 2.24) is 0 Å². The molecule has 0 saturated carbocycles. The third-order valence-electron chi connectivity index (χ3n) is 0. The Morgan fingerprint density at radius 2 is 0.134 bits per heavy atom. The van der Waals surface area contributed by atoms with Gasteiger partial charge in [0, 0.05) is 31.2 Å². The third kappa shape index (κ3) is 23600. The molecule has 0 aromatic rings. The second-order valence-corrected chi connectivity index (χ2v) is 19.7. The molecule has 0 heterocycles. The molecule has 0 bridgehead atoms. The molecule has 82 heavy (non-hydrogen) atoms. The molecule has 0 aromatic carbocycles. The first-order valence-electron chi connectivity index (χ1n) is 10.4. The molecule has 0 rings (SSSR count). The minimum Gasteiger partial charge on any atom is -0.759 e. The van der Waals surface area contributed by atoms with Crippen LogP contribution in [-0.4, -0.2) is 263 Å². The van der Waals surface area contributed by atoms with Crippen molar-refractivity contribution in [3.8, 4) is 0 Å². The van der Waals surface area contributed by atoms with Crippen molar-refractivity contribution in [1.29, 1.82) is 0 Å². The zero-order chi connectivity index (χ0) is 67.5. The van der Waals surface area contributed by atoms with Crippen LogP contribution in [-0.2, 0) is 156 Å². The summed E-state index contributed by atoms with van der Waals surface area (Å²) in [5, 5.41) is 0. The predicted octanol–water partition coefficient (Wildman–Crippen LogP) is -33.2. The van der Waals surface area contributed by atoms with E-state index in [1.165, 1.54) is 0 Å². The molecule has 82 heteroatoms. The van der Waals surface area contributed by atoms with Gasteiger partial charge < -0.3 is 31.9 Å². The van der Waals surface area contributed by atoms with Gasteiger partial charge in [-0.15, -0.1) is 0 Å². The zero-order valence-corrected chi connectivity index (χ0v) is 64.8. The van der Waals surface area contributed by atoms with E-state index in [4.69, 9.17) is 263 Å². The van der Waals surface area contributed by atoms with E-state index in [0.29, 0.717) is 0 Å². The molecule has 0 spiro atoms. The first-order valence-corrected chi connectivity index (χ1v) is 31.1. The van der Waals surface area contributed by atoms with Crippen LogP contribution in [0.15, 0.2) is 0 Å². The molecule has 0 amide bonds. The average molecular weight is 1630 g/mol. The largest absolute Gasteiger partial charge is 1.00 e. The Kier molecular flexibility index (Phi) is 128. The molecule has 0 aliphatic heterocycles. The summed E-state index contributed by atoms with van der Waals surface area (Å²) in [7, 11) is -71.7. The van der Waals surface area contributed by atoms with E-state index < -0.39 is 156 Å². The molecule has 0 aromatic heterocycles. The van der Waals surface area contributed by atoms with Crippen LogP contribution in [0.2, 0.25) is 0 Å². The van der Waals surface area contributed by atoms with Crippen LogP contribution in [0.4, 0.5) is 0 Å². The van der Waals surface area contributed by atoms with Crippen molar-refractivity contribution in [3.63, 3.8) is 0 Å². The molecule has 0 fully saturated rings. The van der Waals surface area contributed by atoms with Gasteiger partial charge in [-0.1, -0.05) is 0 Å². The van der Waals surface area contributed by atoms with Crippen LogP contribution in [0.5, 0.6) is 0 Å². The van der Waals surface area contributed by atoms with Crippen molar-refractivity contribution in [2.24, 2.45) is 0 Å². The van der Waals surface area contributed by atoms with E-state index in [1.807, 2.05) is 0 Å². The Morgan fingerprint density at radius 1 is 0.134 bits per heavy atom. The summed E-state index contributed by atoms with van der Waals surface area (Å²) in [6, 6.07) is 0. The van der Waals surface area contributed by atoms with E-state index in [1.54, 1.807) is 0 Å². The summed E-state index contributed by atoms with van der Waals surface area (Å²) >= 11 is 0. The summed E-state index contributed by atoms with van der Waals surface area (Å²) in [5.41, 5.74) is 0. The molecule has 0 atom stereocenters. The molecule has 480 valence electrons. The van der Waals surface area contributed by atoms with Gasteiger partial charge in [-0.25, -0.2) is 8.42 Å². The van der Waals surface area contributed by atoms with Crippen LogP contribution in [0.25, 0.3) is 0 Å². The topological polar surface area (TPSA) is 1140 Å². The maximum atomic E-state index is 8.74. The molecular weight excluding hydrogens is 1600 g/mol. The van der Waals surface area contributed by atoms with Crippen LogP contribution >= 0.6 is 0 Å². The van der Waals surface area contributed by atoms with Gasteiger partial charge in [-0.3, -0.25) is 130 Å². The fourth-order valence-electron chi connectivity index (χ4n) is 0. The van der Waals surface area contributed by atoms with E-state index in [-0.39, 0.29) is 207 Å². The van der Waals surface area contributed by atoms with Gasteiger partial charge in [0.2, 0.25) is 10.4 Å². The van der Waals surface area contributed by atoms with E-state index in [0.717, 1.165) is 0 Å². The Bertz CT molecular complexity index is 2220. The van der Waals surface area contributed by atoms with Crippen LogP contribution in [0.1, 0.15) is 0 Å². The molecule has 0 unspecified atom stereocenters. The van der Waals surface area contributed by atoms with Crippen molar-refractivity contribution in [3.05, 3.63) is 0 Å². The summed E-state index contributed by atoms with van der Waals surface area (Å²) in [6.07, 6.45) is 0. The molecule has 0 aliphatic carbocycles. The Balaban J connectivity index is -0.0000000234. The molecule has 0 saturated heterocycles. The molecule has 60 nitrogen and oxygen atoms in total. The summed E-state index contributed by atoms with van der Waals surface area (Å²) in [6.45, 7) is 0. The predicted molar refractivity (Wildman–Crippen MR) is 200 cm³/mol.